The summed E-state index contributed by atoms with van der Waals surface area (Å²) in [4.78, 5) is 28.1. The molecule has 1 aliphatic rings. The first-order valence-corrected chi connectivity index (χ1v) is 10.4. The molecule has 4 rings (SSSR count). The van der Waals surface area contributed by atoms with Crippen LogP contribution in [0.15, 0.2) is 33.9 Å². The fourth-order valence-electron chi connectivity index (χ4n) is 4.67. The van der Waals surface area contributed by atoms with Gasteiger partial charge in [-0.3, -0.25) is 9.78 Å². The Morgan fingerprint density at radius 1 is 1.00 bits per heavy atom. The molecule has 8 heteroatoms. The Bertz CT molecular complexity index is 1300. The first-order chi connectivity index (χ1) is 15.3. The van der Waals surface area contributed by atoms with Crippen molar-refractivity contribution in [1.82, 2.24) is 14.9 Å². The van der Waals surface area contributed by atoms with E-state index in [4.69, 9.17) is 9.47 Å². The molecule has 168 valence electrons. The van der Waals surface area contributed by atoms with Crippen LogP contribution < -0.4 is 26.0 Å². The van der Waals surface area contributed by atoms with Gasteiger partial charge in [-0.1, -0.05) is 17.7 Å². The first kappa shape index (κ1) is 21.7. The number of hydrogen-bond acceptors (Lipinski definition) is 6. The van der Waals surface area contributed by atoms with Crippen LogP contribution in [0.5, 0.6) is 17.4 Å². The number of benzene rings is 2. The smallest absolute Gasteiger partial charge is 0.335 e. The summed E-state index contributed by atoms with van der Waals surface area (Å²) in [5.41, 5.74) is 3.77. The van der Waals surface area contributed by atoms with Crippen LogP contribution in [-0.2, 0) is 6.42 Å². The van der Waals surface area contributed by atoms with Crippen LogP contribution in [0.4, 0.5) is 0 Å². The molecule has 1 aromatic heterocycles. The maximum absolute atomic E-state index is 12.9. The summed E-state index contributed by atoms with van der Waals surface area (Å²) in [5, 5.41) is 14.6. The molecule has 1 aliphatic heterocycles. The Kier molecular flexibility index (Phi) is 5.56. The van der Waals surface area contributed by atoms with Gasteiger partial charge in [0.05, 0.1) is 31.5 Å². The lowest BCUT2D eigenvalue weighted by Gasteiger charge is -2.29. The van der Waals surface area contributed by atoms with Gasteiger partial charge < -0.3 is 19.9 Å². The van der Waals surface area contributed by atoms with E-state index in [2.05, 4.69) is 10.3 Å². The van der Waals surface area contributed by atoms with Crippen LogP contribution in [0, 0.1) is 20.8 Å². The van der Waals surface area contributed by atoms with Gasteiger partial charge in [-0.2, -0.15) is 0 Å². The summed E-state index contributed by atoms with van der Waals surface area (Å²) in [5.74, 6) is 0.740. The van der Waals surface area contributed by atoms with Gasteiger partial charge in [-0.15, -0.1) is 0 Å². The predicted octanol–water partition coefficient (Wildman–Crippen LogP) is 2.41. The average Bonchev–Trinajstić information content (AvgIpc) is 2.74. The molecule has 0 spiro atoms. The minimum Gasteiger partial charge on any atom is -0.494 e. The molecule has 0 bridgehead atoms. The van der Waals surface area contributed by atoms with E-state index in [9.17, 15) is 14.7 Å². The number of aromatic hydroxyl groups is 1. The zero-order valence-electron chi connectivity index (χ0n) is 18.8. The molecule has 2 aromatic carbocycles. The number of aromatic nitrogens is 2. The fraction of sp³-hybridized carbons (Fsp3) is 0.333. The maximum Gasteiger partial charge on any atom is 0.335 e. The Balaban J connectivity index is 1.98. The Labute approximate surface area is 185 Å². The highest BCUT2D eigenvalue weighted by Crippen LogP contribution is 2.38. The summed E-state index contributed by atoms with van der Waals surface area (Å²) in [6.45, 7) is 6.30. The molecule has 0 unspecified atom stereocenters. The van der Waals surface area contributed by atoms with Crippen LogP contribution >= 0.6 is 0 Å². The monoisotopic (exact) mass is 437 g/mol. The minimum absolute atomic E-state index is 0.0807. The average molecular weight is 437 g/mol. The summed E-state index contributed by atoms with van der Waals surface area (Å²) >= 11 is 0. The van der Waals surface area contributed by atoms with E-state index in [0.717, 1.165) is 34.2 Å². The lowest BCUT2D eigenvalue weighted by atomic mass is 9.90. The van der Waals surface area contributed by atoms with Crippen molar-refractivity contribution in [2.45, 2.75) is 33.2 Å². The molecular weight excluding hydrogens is 410 g/mol. The number of nitrogens with one attached hydrogen (secondary N) is 2. The van der Waals surface area contributed by atoms with Crippen LogP contribution in [0.2, 0.25) is 0 Å². The van der Waals surface area contributed by atoms with Crippen molar-refractivity contribution in [3.05, 3.63) is 78.5 Å². The van der Waals surface area contributed by atoms with Crippen molar-refractivity contribution in [2.24, 2.45) is 0 Å². The highest BCUT2D eigenvalue weighted by atomic mass is 16.5. The van der Waals surface area contributed by atoms with Gasteiger partial charge in [0.2, 0.25) is 5.88 Å². The number of hydrogen-bond donors (Lipinski definition) is 3. The maximum atomic E-state index is 12.9. The Morgan fingerprint density at radius 2 is 1.62 bits per heavy atom. The molecule has 2 heterocycles. The number of aryl methyl sites for hydroxylation is 3. The third kappa shape index (κ3) is 3.46. The van der Waals surface area contributed by atoms with E-state index in [1.807, 2.05) is 45.0 Å². The van der Waals surface area contributed by atoms with E-state index in [1.165, 1.54) is 4.57 Å². The number of ether oxygens (including phenoxy) is 2. The third-order valence-electron chi connectivity index (χ3n) is 5.97. The van der Waals surface area contributed by atoms with E-state index in [0.29, 0.717) is 23.7 Å². The number of rotatable bonds is 4. The van der Waals surface area contributed by atoms with Gasteiger partial charge in [-0.25, -0.2) is 9.36 Å². The molecule has 8 nitrogen and oxygen atoms in total. The van der Waals surface area contributed by atoms with Gasteiger partial charge in [-0.05, 0) is 61.6 Å². The summed E-state index contributed by atoms with van der Waals surface area (Å²) in [7, 11) is 3.12. The highest BCUT2D eigenvalue weighted by Gasteiger charge is 2.30. The molecule has 3 aromatic rings. The second-order valence-corrected chi connectivity index (χ2v) is 8.12. The summed E-state index contributed by atoms with van der Waals surface area (Å²) in [6, 6.07) is 6.94. The molecule has 0 radical (unpaired) electrons. The number of fused-ring (bicyclic) bond motifs is 1. The van der Waals surface area contributed by atoms with Crippen LogP contribution in [0.3, 0.4) is 0 Å². The number of nitrogens with zero attached hydrogens (tertiary/aromatic N) is 1. The molecule has 0 saturated heterocycles. The van der Waals surface area contributed by atoms with E-state index in [1.54, 1.807) is 14.2 Å². The van der Waals surface area contributed by atoms with Crippen molar-refractivity contribution in [2.75, 3.05) is 20.8 Å². The molecule has 0 saturated carbocycles. The molecule has 0 amide bonds. The largest absolute Gasteiger partial charge is 0.494 e. The number of methoxy groups -OCH3 is 2. The van der Waals surface area contributed by atoms with Gasteiger partial charge in [0.1, 0.15) is 0 Å². The van der Waals surface area contributed by atoms with Crippen LogP contribution in [-0.4, -0.2) is 35.4 Å². The van der Waals surface area contributed by atoms with E-state index in [-0.39, 0.29) is 11.4 Å². The van der Waals surface area contributed by atoms with Crippen LogP contribution in [0.25, 0.3) is 5.69 Å². The molecule has 0 aliphatic carbocycles. The lowest BCUT2D eigenvalue weighted by molar-refractivity contribution is 0.352. The predicted molar refractivity (Wildman–Crippen MR) is 122 cm³/mol. The lowest BCUT2D eigenvalue weighted by Crippen LogP contribution is -2.39. The van der Waals surface area contributed by atoms with Gasteiger partial charge in [0.25, 0.3) is 5.56 Å². The Hall–Kier alpha value is -3.52. The second kappa shape index (κ2) is 8.20. The Morgan fingerprint density at radius 3 is 2.25 bits per heavy atom. The van der Waals surface area contributed by atoms with Crippen molar-refractivity contribution in [1.29, 1.82) is 0 Å². The molecule has 32 heavy (non-hydrogen) atoms. The third-order valence-corrected chi connectivity index (χ3v) is 5.97. The van der Waals surface area contributed by atoms with E-state index >= 15 is 0 Å². The van der Waals surface area contributed by atoms with Gasteiger partial charge in [0, 0.05) is 6.54 Å². The van der Waals surface area contributed by atoms with Crippen molar-refractivity contribution >= 4 is 0 Å². The summed E-state index contributed by atoms with van der Waals surface area (Å²) in [6.07, 6.45) is 0.723. The van der Waals surface area contributed by atoms with Crippen molar-refractivity contribution in [3.63, 3.8) is 0 Å². The number of aromatic amines is 1. The summed E-state index contributed by atoms with van der Waals surface area (Å²) < 4.78 is 12.0. The zero-order chi connectivity index (χ0) is 23.2. The van der Waals surface area contributed by atoms with Gasteiger partial charge >= 0.3 is 5.69 Å². The first-order valence-electron chi connectivity index (χ1n) is 10.4. The molecule has 3 N–H and O–H groups in total. The standard InChI is InChI=1S/C24H27N3O5/c1-12-8-13(2)21(14(3)9-12)27-23(29)19(22(28)26-24(27)30)20-16-11-18(32-5)17(31-4)10-15(16)6-7-25-20/h8-11,20,25,29H,6-7H2,1-5H3,(H,26,28,30)/t20-/m0/s1. The molecule has 1 atom stereocenters. The highest BCUT2D eigenvalue weighted by molar-refractivity contribution is 5.55. The quantitative estimate of drug-likeness (QED) is 0.579. The van der Waals surface area contributed by atoms with E-state index < -0.39 is 17.3 Å². The van der Waals surface area contributed by atoms with Crippen molar-refractivity contribution in [3.8, 4) is 23.1 Å². The fourth-order valence-corrected chi connectivity index (χ4v) is 4.67. The molecular formula is C24H27N3O5. The normalized spacial score (nSPS) is 15.3. The SMILES string of the molecule is COc1cc2c(cc1OC)[C@@H](c1c(O)n(-c3c(C)cc(C)cc3C)c(=O)[nH]c1=O)NCC2. The van der Waals surface area contributed by atoms with Crippen molar-refractivity contribution < 1.29 is 14.6 Å². The second-order valence-electron chi connectivity index (χ2n) is 8.12. The zero-order valence-corrected chi connectivity index (χ0v) is 18.8. The molecule has 0 fully saturated rings. The number of H-pyrrole nitrogens is 1. The van der Waals surface area contributed by atoms with Gasteiger partial charge in [0.15, 0.2) is 11.5 Å². The minimum atomic E-state index is -0.686. The van der Waals surface area contributed by atoms with Crippen LogP contribution in [0.1, 0.15) is 39.4 Å². The topological polar surface area (TPSA) is 106 Å².